The molecule has 2 rings (SSSR count). The minimum absolute atomic E-state index is 0.733. The van der Waals surface area contributed by atoms with Crippen molar-refractivity contribution in [1.82, 2.24) is 4.98 Å². The summed E-state index contributed by atoms with van der Waals surface area (Å²) in [7, 11) is 0. The van der Waals surface area contributed by atoms with Gasteiger partial charge in [0.25, 0.3) is 0 Å². The number of aryl methyl sites for hydroxylation is 2. The van der Waals surface area contributed by atoms with Crippen molar-refractivity contribution < 1.29 is 9.47 Å². The van der Waals surface area contributed by atoms with Crippen molar-refractivity contribution in [3.8, 4) is 11.5 Å². The Balaban J connectivity index is 1.53. The van der Waals surface area contributed by atoms with Crippen LogP contribution in [0.5, 0.6) is 11.5 Å². The van der Waals surface area contributed by atoms with Gasteiger partial charge in [-0.25, -0.2) is 0 Å². The predicted molar refractivity (Wildman–Crippen MR) is 94.3 cm³/mol. The molecule has 0 atom stereocenters. The quantitative estimate of drug-likeness (QED) is 0.580. The second-order valence-electron chi connectivity index (χ2n) is 5.79. The highest BCUT2D eigenvalue weighted by molar-refractivity contribution is 5.27. The number of unbranched alkanes of at least 4 members (excludes halogenated alkanes) is 2. The summed E-state index contributed by atoms with van der Waals surface area (Å²) in [6.07, 6.45) is 7.28. The number of aromatic nitrogens is 1. The third-order valence-electron chi connectivity index (χ3n) is 3.67. The molecule has 0 aliphatic carbocycles. The topological polar surface area (TPSA) is 31.4 Å². The molecule has 0 spiro atoms. The minimum Gasteiger partial charge on any atom is -0.494 e. The fourth-order valence-corrected chi connectivity index (χ4v) is 2.34. The molecule has 0 saturated carbocycles. The zero-order valence-corrected chi connectivity index (χ0v) is 14.3. The van der Waals surface area contributed by atoms with Crippen LogP contribution in [0, 0.1) is 6.92 Å². The third-order valence-corrected chi connectivity index (χ3v) is 3.67. The van der Waals surface area contributed by atoms with Crippen molar-refractivity contribution in [2.75, 3.05) is 13.2 Å². The summed E-state index contributed by atoms with van der Waals surface area (Å²) in [4.78, 5) is 4.21. The average molecular weight is 313 g/mol. The minimum atomic E-state index is 0.733. The molecule has 0 radical (unpaired) electrons. The van der Waals surface area contributed by atoms with E-state index in [1.54, 1.807) is 6.20 Å². The summed E-state index contributed by atoms with van der Waals surface area (Å²) in [5.41, 5.74) is 2.39. The van der Waals surface area contributed by atoms with Crippen LogP contribution in [0.4, 0.5) is 0 Å². The molecular weight excluding hydrogens is 286 g/mol. The van der Waals surface area contributed by atoms with E-state index in [-0.39, 0.29) is 0 Å². The van der Waals surface area contributed by atoms with E-state index in [4.69, 9.17) is 9.47 Å². The Morgan fingerprint density at radius 1 is 0.826 bits per heavy atom. The van der Waals surface area contributed by atoms with Crippen LogP contribution in [0.15, 0.2) is 42.6 Å². The van der Waals surface area contributed by atoms with Crippen LogP contribution >= 0.6 is 0 Å². The summed E-state index contributed by atoms with van der Waals surface area (Å²) < 4.78 is 11.4. The molecule has 0 unspecified atom stereocenters. The van der Waals surface area contributed by atoms with Crippen LogP contribution in [0.2, 0.25) is 0 Å². The van der Waals surface area contributed by atoms with Gasteiger partial charge in [0.15, 0.2) is 0 Å². The van der Waals surface area contributed by atoms with Gasteiger partial charge in [-0.05, 0) is 62.4 Å². The fraction of sp³-hybridized carbons (Fsp3) is 0.450. The van der Waals surface area contributed by atoms with Crippen LogP contribution in [0.25, 0.3) is 0 Å². The molecule has 23 heavy (non-hydrogen) atoms. The molecular formula is C20H27NO2. The van der Waals surface area contributed by atoms with Gasteiger partial charge in [-0.15, -0.1) is 0 Å². The summed E-state index contributed by atoms with van der Waals surface area (Å²) in [6, 6.07) is 12.4. The van der Waals surface area contributed by atoms with Gasteiger partial charge in [0.2, 0.25) is 0 Å². The Bertz CT molecular complexity index is 549. The SMILES string of the molecule is CCCc1ccc(OCCCCCOc2ccc(C)nc2)cc1. The highest BCUT2D eigenvalue weighted by Crippen LogP contribution is 2.14. The molecule has 1 aromatic heterocycles. The van der Waals surface area contributed by atoms with E-state index in [1.165, 1.54) is 12.0 Å². The maximum Gasteiger partial charge on any atom is 0.137 e. The summed E-state index contributed by atoms with van der Waals surface area (Å²) in [6.45, 7) is 5.67. The number of pyridine rings is 1. The molecule has 0 bridgehead atoms. The van der Waals surface area contributed by atoms with Crippen molar-refractivity contribution in [3.63, 3.8) is 0 Å². The van der Waals surface area contributed by atoms with Gasteiger partial charge < -0.3 is 9.47 Å². The monoisotopic (exact) mass is 313 g/mol. The lowest BCUT2D eigenvalue weighted by atomic mass is 10.1. The number of hydrogen-bond acceptors (Lipinski definition) is 3. The molecule has 0 saturated heterocycles. The molecule has 0 fully saturated rings. The first-order chi connectivity index (χ1) is 11.3. The van der Waals surface area contributed by atoms with Crippen LogP contribution in [0.3, 0.4) is 0 Å². The zero-order valence-electron chi connectivity index (χ0n) is 14.3. The van der Waals surface area contributed by atoms with Gasteiger partial charge in [-0.3, -0.25) is 4.98 Å². The van der Waals surface area contributed by atoms with Gasteiger partial charge in [-0.1, -0.05) is 25.5 Å². The van der Waals surface area contributed by atoms with Gasteiger partial charge >= 0.3 is 0 Å². The zero-order chi connectivity index (χ0) is 16.3. The van der Waals surface area contributed by atoms with Gasteiger partial charge in [-0.2, -0.15) is 0 Å². The summed E-state index contributed by atoms with van der Waals surface area (Å²) >= 11 is 0. The Morgan fingerprint density at radius 2 is 1.48 bits per heavy atom. The Kier molecular flexibility index (Phi) is 7.44. The van der Waals surface area contributed by atoms with Crippen molar-refractivity contribution in [2.24, 2.45) is 0 Å². The van der Waals surface area contributed by atoms with Crippen LogP contribution < -0.4 is 9.47 Å². The second-order valence-corrected chi connectivity index (χ2v) is 5.79. The predicted octanol–water partition coefficient (Wildman–Crippen LogP) is 4.97. The maximum atomic E-state index is 5.77. The van der Waals surface area contributed by atoms with Crippen molar-refractivity contribution in [3.05, 3.63) is 53.9 Å². The largest absolute Gasteiger partial charge is 0.494 e. The van der Waals surface area contributed by atoms with Crippen molar-refractivity contribution in [2.45, 2.75) is 46.0 Å². The normalized spacial score (nSPS) is 10.5. The van der Waals surface area contributed by atoms with Gasteiger partial charge in [0.1, 0.15) is 11.5 Å². The molecule has 0 aliphatic heterocycles. The van der Waals surface area contributed by atoms with Crippen LogP contribution in [0.1, 0.15) is 43.9 Å². The number of benzene rings is 1. The molecule has 3 nitrogen and oxygen atoms in total. The molecule has 1 heterocycles. The van der Waals surface area contributed by atoms with Gasteiger partial charge in [0.05, 0.1) is 19.4 Å². The number of hydrogen-bond donors (Lipinski definition) is 0. The Hall–Kier alpha value is -2.03. The van der Waals surface area contributed by atoms with Crippen LogP contribution in [-0.2, 0) is 6.42 Å². The molecule has 0 amide bonds. The third kappa shape index (κ3) is 6.72. The lowest BCUT2D eigenvalue weighted by molar-refractivity contribution is 0.279. The highest BCUT2D eigenvalue weighted by Gasteiger charge is 1.97. The van der Waals surface area contributed by atoms with E-state index in [1.807, 2.05) is 19.1 Å². The highest BCUT2D eigenvalue weighted by atomic mass is 16.5. The maximum absolute atomic E-state index is 5.77. The smallest absolute Gasteiger partial charge is 0.137 e. The van der Waals surface area contributed by atoms with Gasteiger partial charge in [0, 0.05) is 5.69 Å². The molecule has 124 valence electrons. The van der Waals surface area contributed by atoms with E-state index in [9.17, 15) is 0 Å². The number of nitrogens with zero attached hydrogens (tertiary/aromatic N) is 1. The van der Waals surface area contributed by atoms with Crippen LogP contribution in [-0.4, -0.2) is 18.2 Å². The van der Waals surface area contributed by atoms with E-state index >= 15 is 0 Å². The molecule has 0 aliphatic rings. The first kappa shape index (κ1) is 17.3. The van der Waals surface area contributed by atoms with E-state index in [2.05, 4.69) is 36.2 Å². The van der Waals surface area contributed by atoms with E-state index in [0.29, 0.717) is 0 Å². The molecule has 2 aromatic rings. The first-order valence-electron chi connectivity index (χ1n) is 8.55. The standard InChI is InChI=1S/C20H27NO2/c1-3-7-18-9-12-19(13-10-18)22-14-5-4-6-15-23-20-11-8-17(2)21-16-20/h8-13,16H,3-7,14-15H2,1-2H3. The van der Waals surface area contributed by atoms with Crippen molar-refractivity contribution in [1.29, 1.82) is 0 Å². The lowest BCUT2D eigenvalue weighted by Crippen LogP contribution is -2.01. The molecule has 0 N–H and O–H groups in total. The lowest BCUT2D eigenvalue weighted by Gasteiger charge is -2.08. The molecule has 1 aromatic carbocycles. The number of rotatable bonds is 10. The Morgan fingerprint density at radius 3 is 2.09 bits per heavy atom. The first-order valence-corrected chi connectivity index (χ1v) is 8.55. The Labute approximate surface area is 139 Å². The molecule has 3 heteroatoms. The summed E-state index contributed by atoms with van der Waals surface area (Å²) in [5.74, 6) is 1.81. The van der Waals surface area contributed by atoms with E-state index < -0.39 is 0 Å². The second kappa shape index (κ2) is 9.88. The number of ether oxygens (including phenoxy) is 2. The fourth-order valence-electron chi connectivity index (χ4n) is 2.34. The summed E-state index contributed by atoms with van der Waals surface area (Å²) in [5, 5.41) is 0. The van der Waals surface area contributed by atoms with Crippen molar-refractivity contribution >= 4 is 0 Å². The average Bonchev–Trinajstić information content (AvgIpc) is 2.57. The van der Waals surface area contributed by atoms with E-state index in [0.717, 1.165) is 56.1 Å².